The second-order valence-electron chi connectivity index (χ2n) is 9.23. The number of hydrogen-bond donors (Lipinski definition) is 1. The van der Waals surface area contributed by atoms with Gasteiger partial charge in [-0.15, -0.1) is 0 Å². The first-order valence-electron chi connectivity index (χ1n) is 8.47. The first kappa shape index (κ1) is 22.0. The summed E-state index contributed by atoms with van der Waals surface area (Å²) < 4.78 is 23.8. The smallest absolute Gasteiger partial charge is 0.338 e. The molecule has 0 amide bonds. The van der Waals surface area contributed by atoms with Crippen molar-refractivity contribution < 1.29 is 27.9 Å². The monoisotopic (exact) mass is 394 g/mol. The van der Waals surface area contributed by atoms with Crippen LogP contribution in [0.4, 0.5) is 0 Å². The maximum absolute atomic E-state index is 12.1. The fourth-order valence-electron chi connectivity index (χ4n) is 2.36. The molecule has 0 aliphatic carbocycles. The van der Waals surface area contributed by atoms with E-state index in [-0.39, 0.29) is 6.61 Å². The van der Waals surface area contributed by atoms with Crippen molar-refractivity contribution in [2.45, 2.75) is 83.3 Å². The van der Waals surface area contributed by atoms with Crippen LogP contribution in [0.3, 0.4) is 0 Å². The van der Waals surface area contributed by atoms with Crippen LogP contribution < -0.4 is 0 Å². The average molecular weight is 395 g/mol. The molecular formula is C15H34O6Si3. The summed E-state index contributed by atoms with van der Waals surface area (Å²) in [6, 6.07) is 0. The van der Waals surface area contributed by atoms with E-state index in [1.54, 1.807) is 0 Å². The number of carbonyl (C=O) groups excluding carboxylic acids is 1. The molecule has 0 unspecified atom stereocenters. The molecule has 0 aromatic rings. The van der Waals surface area contributed by atoms with Crippen LogP contribution in [0.15, 0.2) is 0 Å². The van der Waals surface area contributed by atoms with Gasteiger partial charge in [0.15, 0.2) is 37.2 Å². The molecule has 1 aliphatic heterocycles. The zero-order valence-corrected chi connectivity index (χ0v) is 19.5. The topological polar surface area (TPSA) is 74.2 Å². The Morgan fingerprint density at radius 2 is 1.33 bits per heavy atom. The van der Waals surface area contributed by atoms with Crippen molar-refractivity contribution in [1.29, 1.82) is 0 Å². The Hall–Kier alpha value is -0.0394. The van der Waals surface area contributed by atoms with Gasteiger partial charge >= 0.3 is 5.97 Å². The van der Waals surface area contributed by atoms with Crippen molar-refractivity contribution in [1.82, 2.24) is 0 Å². The van der Waals surface area contributed by atoms with Crippen LogP contribution in [0.5, 0.6) is 0 Å². The van der Waals surface area contributed by atoms with Crippen molar-refractivity contribution in [3.63, 3.8) is 0 Å². The van der Waals surface area contributed by atoms with E-state index in [1.807, 2.05) is 19.6 Å². The minimum absolute atomic E-state index is 0.273. The highest BCUT2D eigenvalue weighted by atomic mass is 28.4. The number of cyclic esters (lactones) is 1. The maximum Gasteiger partial charge on any atom is 0.338 e. The number of rotatable bonds is 7. The Kier molecular flexibility index (Phi) is 7.04. The molecule has 0 aromatic carbocycles. The van der Waals surface area contributed by atoms with E-state index in [2.05, 4.69) is 39.3 Å². The van der Waals surface area contributed by atoms with E-state index in [1.165, 1.54) is 0 Å². The summed E-state index contributed by atoms with van der Waals surface area (Å²) in [5, 5.41) is 10.3. The minimum Gasteiger partial charge on any atom is -0.455 e. The van der Waals surface area contributed by atoms with Gasteiger partial charge in [0.1, 0.15) is 12.2 Å². The predicted molar refractivity (Wildman–Crippen MR) is 102 cm³/mol. The molecule has 6 nitrogen and oxygen atoms in total. The van der Waals surface area contributed by atoms with E-state index in [9.17, 15) is 9.90 Å². The third kappa shape index (κ3) is 7.46. The summed E-state index contributed by atoms with van der Waals surface area (Å²) >= 11 is 0. The molecule has 1 rings (SSSR count). The average Bonchev–Trinajstić information content (AvgIpc) is 2.32. The van der Waals surface area contributed by atoms with Crippen LogP contribution in [0, 0.1) is 0 Å². The van der Waals surface area contributed by atoms with E-state index in [4.69, 9.17) is 18.0 Å². The third-order valence-corrected chi connectivity index (χ3v) is 6.16. The third-order valence-electron chi connectivity index (χ3n) is 3.17. The van der Waals surface area contributed by atoms with Crippen molar-refractivity contribution in [2.75, 3.05) is 6.61 Å². The van der Waals surface area contributed by atoms with Crippen molar-refractivity contribution >= 4 is 30.9 Å². The fraction of sp³-hybridized carbons (Fsp3) is 0.933. The Labute approximate surface area is 149 Å². The Morgan fingerprint density at radius 3 is 1.75 bits per heavy atom. The molecule has 1 N–H and O–H groups in total. The molecule has 0 aromatic heterocycles. The van der Waals surface area contributed by atoms with Gasteiger partial charge < -0.3 is 23.1 Å². The van der Waals surface area contributed by atoms with Crippen LogP contribution in [-0.2, 0) is 22.8 Å². The Balaban J connectivity index is 3.07. The van der Waals surface area contributed by atoms with Crippen LogP contribution >= 0.6 is 0 Å². The standard InChI is InChI=1S/C15H34O6Si3/c1-22(2,3)18-10-11-13(20-23(4,5)6)14(21-24(7,8)9)12(16)15(17)19-11/h11-14,16H,10H2,1-9H3/t11-,12-,13-,14-/m1/s1. The highest BCUT2D eigenvalue weighted by molar-refractivity contribution is 6.70. The lowest BCUT2D eigenvalue weighted by molar-refractivity contribution is -0.200. The van der Waals surface area contributed by atoms with E-state index < -0.39 is 55.3 Å². The number of hydrogen-bond acceptors (Lipinski definition) is 6. The Bertz CT molecular complexity index is 438. The summed E-state index contributed by atoms with van der Waals surface area (Å²) in [6.07, 6.45) is -3.09. The lowest BCUT2D eigenvalue weighted by Gasteiger charge is -2.44. The molecule has 1 saturated heterocycles. The maximum atomic E-state index is 12.1. The summed E-state index contributed by atoms with van der Waals surface area (Å²) in [7, 11) is -5.70. The zero-order chi connectivity index (χ0) is 18.9. The van der Waals surface area contributed by atoms with Crippen LogP contribution in [-0.4, -0.2) is 67.1 Å². The van der Waals surface area contributed by atoms with Crippen molar-refractivity contribution in [3.05, 3.63) is 0 Å². The Morgan fingerprint density at radius 1 is 0.875 bits per heavy atom. The lowest BCUT2D eigenvalue weighted by atomic mass is 10.0. The van der Waals surface area contributed by atoms with Gasteiger partial charge in [-0.3, -0.25) is 0 Å². The minimum atomic E-state index is -1.99. The molecule has 0 saturated carbocycles. The highest BCUT2D eigenvalue weighted by Crippen LogP contribution is 2.28. The number of ether oxygens (including phenoxy) is 1. The van der Waals surface area contributed by atoms with Gasteiger partial charge in [0.2, 0.25) is 0 Å². The molecule has 9 heteroatoms. The van der Waals surface area contributed by atoms with E-state index in [0.29, 0.717) is 0 Å². The van der Waals surface area contributed by atoms with Gasteiger partial charge in [-0.2, -0.15) is 0 Å². The zero-order valence-electron chi connectivity index (χ0n) is 16.5. The van der Waals surface area contributed by atoms with E-state index >= 15 is 0 Å². The molecule has 1 fully saturated rings. The first-order chi connectivity index (χ1) is 10.6. The van der Waals surface area contributed by atoms with E-state index in [0.717, 1.165) is 0 Å². The second kappa shape index (κ2) is 7.68. The van der Waals surface area contributed by atoms with Crippen molar-refractivity contribution in [2.24, 2.45) is 0 Å². The number of aliphatic hydroxyl groups excluding tert-OH is 1. The van der Waals surface area contributed by atoms with Gasteiger partial charge in [-0.05, 0) is 58.9 Å². The molecular weight excluding hydrogens is 360 g/mol. The first-order valence-corrected chi connectivity index (χ1v) is 18.7. The second-order valence-corrected chi connectivity index (χ2v) is 22.7. The molecule has 1 heterocycles. The van der Waals surface area contributed by atoms with Crippen LogP contribution in [0.1, 0.15) is 0 Å². The van der Waals surface area contributed by atoms with Crippen molar-refractivity contribution in [3.8, 4) is 0 Å². The van der Waals surface area contributed by atoms with Gasteiger partial charge in [0.05, 0.1) is 6.61 Å². The quantitative estimate of drug-likeness (QED) is 0.528. The van der Waals surface area contributed by atoms with Crippen LogP contribution in [0.25, 0.3) is 0 Å². The van der Waals surface area contributed by atoms with Gasteiger partial charge in [-0.25, -0.2) is 4.79 Å². The molecule has 0 radical (unpaired) electrons. The summed E-state index contributed by atoms with van der Waals surface area (Å²) in [5.41, 5.74) is 0. The number of aliphatic hydroxyl groups is 1. The fourth-order valence-corrected chi connectivity index (χ4v) is 5.21. The molecule has 0 bridgehead atoms. The summed E-state index contributed by atoms with van der Waals surface area (Å²) in [5.74, 6) is -0.655. The largest absolute Gasteiger partial charge is 0.455 e. The molecule has 4 atom stereocenters. The number of esters is 1. The molecule has 24 heavy (non-hydrogen) atoms. The SMILES string of the molecule is C[Si](C)(C)OC[C@H]1OC(=O)[C@H](O)[C@@H](O[Si](C)(C)C)[C@@H]1O[Si](C)(C)C. The summed E-state index contributed by atoms with van der Waals surface area (Å²) in [4.78, 5) is 12.1. The number of carbonyl (C=O) groups is 1. The normalized spacial score (nSPS) is 29.5. The van der Waals surface area contributed by atoms with Gasteiger partial charge in [0.25, 0.3) is 0 Å². The molecule has 1 aliphatic rings. The molecule has 142 valence electrons. The summed E-state index contributed by atoms with van der Waals surface area (Å²) in [6.45, 7) is 18.8. The van der Waals surface area contributed by atoms with Gasteiger partial charge in [0, 0.05) is 0 Å². The predicted octanol–water partition coefficient (Wildman–Crippen LogP) is 2.56. The van der Waals surface area contributed by atoms with Gasteiger partial charge in [-0.1, -0.05) is 0 Å². The lowest BCUT2D eigenvalue weighted by Crippen LogP contribution is -2.63. The highest BCUT2D eigenvalue weighted by Gasteiger charge is 2.49. The van der Waals surface area contributed by atoms with Crippen LogP contribution in [0.2, 0.25) is 58.9 Å². The molecule has 0 spiro atoms.